The Labute approximate surface area is 177 Å². The Bertz CT molecular complexity index is 1280. The van der Waals surface area contributed by atoms with E-state index in [4.69, 9.17) is 9.84 Å². The van der Waals surface area contributed by atoms with Gasteiger partial charge in [-0.3, -0.25) is 0 Å². The van der Waals surface area contributed by atoms with Crippen molar-refractivity contribution in [3.8, 4) is 23.1 Å². The zero-order valence-electron chi connectivity index (χ0n) is 16.2. The molecule has 1 amide bonds. The van der Waals surface area contributed by atoms with Gasteiger partial charge in [0.1, 0.15) is 23.2 Å². The molecule has 9 nitrogen and oxygen atoms in total. The van der Waals surface area contributed by atoms with Gasteiger partial charge in [-0.2, -0.15) is 5.26 Å². The SMILES string of the molecule is COc1cccc(S(=O)(=O)n2cc(CCNC(=O)O)c(F)c2-c2cccnc2C#N)c1. The van der Waals surface area contributed by atoms with Gasteiger partial charge in [0.05, 0.1) is 12.0 Å². The highest BCUT2D eigenvalue weighted by atomic mass is 32.2. The maximum Gasteiger partial charge on any atom is 0.404 e. The molecule has 0 aliphatic heterocycles. The van der Waals surface area contributed by atoms with E-state index in [0.717, 1.165) is 10.2 Å². The van der Waals surface area contributed by atoms with Gasteiger partial charge in [-0.05, 0) is 30.7 Å². The Kier molecular flexibility index (Phi) is 6.22. The first kappa shape index (κ1) is 21.8. The van der Waals surface area contributed by atoms with Crippen molar-refractivity contribution in [1.82, 2.24) is 14.3 Å². The predicted octanol–water partition coefficient (Wildman–Crippen LogP) is 2.62. The van der Waals surface area contributed by atoms with Crippen molar-refractivity contribution < 1.29 is 27.4 Å². The first-order valence-electron chi connectivity index (χ1n) is 8.91. The number of hydrogen-bond acceptors (Lipinski definition) is 6. The molecule has 0 atom stereocenters. The molecule has 0 aliphatic rings. The maximum atomic E-state index is 15.4. The third-order valence-electron chi connectivity index (χ3n) is 4.42. The van der Waals surface area contributed by atoms with Crippen LogP contribution >= 0.6 is 0 Å². The van der Waals surface area contributed by atoms with Crippen LogP contribution in [0.5, 0.6) is 5.75 Å². The van der Waals surface area contributed by atoms with Gasteiger partial charge in [-0.1, -0.05) is 6.07 Å². The third-order valence-corrected chi connectivity index (χ3v) is 6.08. The zero-order chi connectivity index (χ0) is 22.6. The van der Waals surface area contributed by atoms with Crippen molar-refractivity contribution in [3.05, 3.63) is 65.9 Å². The van der Waals surface area contributed by atoms with Gasteiger partial charge in [-0.15, -0.1) is 0 Å². The number of nitriles is 1. The molecule has 3 aromatic rings. The minimum absolute atomic E-state index is 0.00795. The fourth-order valence-corrected chi connectivity index (χ4v) is 4.40. The summed E-state index contributed by atoms with van der Waals surface area (Å²) in [6.07, 6.45) is 1.02. The van der Waals surface area contributed by atoms with E-state index >= 15 is 4.39 Å². The zero-order valence-corrected chi connectivity index (χ0v) is 17.1. The highest BCUT2D eigenvalue weighted by Gasteiger charge is 2.28. The van der Waals surface area contributed by atoms with Crippen LogP contribution in [0.4, 0.5) is 9.18 Å². The van der Waals surface area contributed by atoms with Crippen molar-refractivity contribution in [3.63, 3.8) is 0 Å². The van der Waals surface area contributed by atoms with E-state index in [1.54, 1.807) is 6.07 Å². The second-order valence-electron chi connectivity index (χ2n) is 6.29. The summed E-state index contributed by atoms with van der Waals surface area (Å²) < 4.78 is 47.9. The fraction of sp³-hybridized carbons (Fsp3) is 0.150. The number of carboxylic acid groups (broad SMARTS) is 1. The monoisotopic (exact) mass is 444 g/mol. The Balaban J connectivity index is 2.22. The van der Waals surface area contributed by atoms with E-state index in [1.165, 1.54) is 43.6 Å². The number of methoxy groups -OCH3 is 1. The molecule has 0 saturated carbocycles. The fourth-order valence-electron chi connectivity index (χ4n) is 2.98. The highest BCUT2D eigenvalue weighted by molar-refractivity contribution is 7.90. The maximum absolute atomic E-state index is 15.4. The molecular formula is C20H17FN4O5S. The number of aromatic nitrogens is 2. The highest BCUT2D eigenvalue weighted by Crippen LogP contribution is 2.33. The van der Waals surface area contributed by atoms with Crippen LogP contribution in [0.3, 0.4) is 0 Å². The van der Waals surface area contributed by atoms with Gasteiger partial charge >= 0.3 is 6.09 Å². The lowest BCUT2D eigenvalue weighted by molar-refractivity contribution is 0.194. The van der Waals surface area contributed by atoms with Crippen molar-refractivity contribution >= 4 is 16.1 Å². The minimum Gasteiger partial charge on any atom is -0.497 e. The normalized spacial score (nSPS) is 11.0. The van der Waals surface area contributed by atoms with Crippen LogP contribution in [-0.4, -0.2) is 42.2 Å². The minimum atomic E-state index is -4.30. The average Bonchev–Trinajstić information content (AvgIpc) is 3.10. The molecule has 2 N–H and O–H groups in total. The van der Waals surface area contributed by atoms with Crippen LogP contribution in [-0.2, 0) is 16.4 Å². The van der Waals surface area contributed by atoms with Crippen LogP contribution in [0.1, 0.15) is 11.3 Å². The lowest BCUT2D eigenvalue weighted by Crippen LogP contribution is -2.23. The summed E-state index contributed by atoms with van der Waals surface area (Å²) in [6, 6.07) is 10.3. The Morgan fingerprint density at radius 3 is 2.81 bits per heavy atom. The van der Waals surface area contributed by atoms with Crippen LogP contribution in [0.25, 0.3) is 11.3 Å². The summed E-state index contributed by atoms with van der Waals surface area (Å²) in [5.74, 6) is -0.594. The van der Waals surface area contributed by atoms with Gasteiger partial charge in [-0.25, -0.2) is 26.6 Å². The number of nitrogens with zero attached hydrogens (tertiary/aromatic N) is 3. The predicted molar refractivity (Wildman–Crippen MR) is 108 cm³/mol. The van der Waals surface area contributed by atoms with Gasteiger partial charge in [0.25, 0.3) is 10.0 Å². The summed E-state index contributed by atoms with van der Waals surface area (Å²) in [7, 11) is -2.91. The Hall–Kier alpha value is -3.91. The number of benzene rings is 1. The van der Waals surface area contributed by atoms with E-state index in [9.17, 15) is 18.5 Å². The number of amides is 1. The second-order valence-corrected chi connectivity index (χ2v) is 8.11. The second kappa shape index (κ2) is 8.85. The number of rotatable bonds is 7. The van der Waals surface area contributed by atoms with E-state index in [1.807, 2.05) is 6.07 Å². The molecule has 0 fully saturated rings. The van der Waals surface area contributed by atoms with Crippen molar-refractivity contribution in [2.75, 3.05) is 13.7 Å². The van der Waals surface area contributed by atoms with E-state index in [2.05, 4.69) is 10.3 Å². The number of ether oxygens (including phenoxy) is 1. The molecule has 0 saturated heterocycles. The molecule has 1 aromatic carbocycles. The molecule has 0 radical (unpaired) electrons. The Morgan fingerprint density at radius 2 is 2.13 bits per heavy atom. The summed E-state index contributed by atoms with van der Waals surface area (Å²) >= 11 is 0. The van der Waals surface area contributed by atoms with Crippen LogP contribution in [0.2, 0.25) is 0 Å². The van der Waals surface area contributed by atoms with E-state index < -0.39 is 21.9 Å². The van der Waals surface area contributed by atoms with Crippen molar-refractivity contribution in [1.29, 1.82) is 5.26 Å². The molecule has 0 aliphatic carbocycles. The van der Waals surface area contributed by atoms with Crippen molar-refractivity contribution in [2.45, 2.75) is 11.3 Å². The largest absolute Gasteiger partial charge is 0.497 e. The summed E-state index contributed by atoms with van der Waals surface area (Å²) in [6.45, 7) is -0.132. The molecule has 31 heavy (non-hydrogen) atoms. The summed E-state index contributed by atoms with van der Waals surface area (Å²) in [5.41, 5.74) is -0.566. The van der Waals surface area contributed by atoms with Gasteiger partial charge in [0.2, 0.25) is 0 Å². The van der Waals surface area contributed by atoms with Gasteiger partial charge in [0.15, 0.2) is 5.82 Å². The number of halogens is 1. The molecule has 11 heteroatoms. The topological polar surface area (TPSA) is 134 Å². The number of hydrogen-bond donors (Lipinski definition) is 2. The van der Waals surface area contributed by atoms with E-state index in [0.29, 0.717) is 5.75 Å². The Morgan fingerprint density at radius 1 is 1.35 bits per heavy atom. The van der Waals surface area contributed by atoms with Gasteiger partial charge < -0.3 is 15.2 Å². The molecule has 0 unspecified atom stereocenters. The quantitative estimate of drug-likeness (QED) is 0.572. The molecule has 2 aromatic heterocycles. The molecule has 0 spiro atoms. The molecule has 0 bridgehead atoms. The molecule has 160 valence electrons. The third kappa shape index (κ3) is 4.34. The van der Waals surface area contributed by atoms with E-state index in [-0.39, 0.29) is 40.4 Å². The average molecular weight is 444 g/mol. The first-order chi connectivity index (χ1) is 14.8. The first-order valence-corrected chi connectivity index (χ1v) is 10.3. The molecular weight excluding hydrogens is 427 g/mol. The molecule has 3 rings (SSSR count). The standard InChI is InChI=1S/C20H17FN4O5S/c1-30-14-4-2-5-15(10-14)31(28,29)25-12-13(7-9-24-20(26)27)18(21)19(25)16-6-3-8-23-17(16)11-22/h2-6,8,10,12,24H,7,9H2,1H3,(H,26,27). The molecule has 2 heterocycles. The number of carbonyl (C=O) groups is 1. The van der Waals surface area contributed by atoms with Crippen molar-refractivity contribution in [2.24, 2.45) is 0 Å². The summed E-state index contributed by atoms with van der Waals surface area (Å²) in [4.78, 5) is 14.4. The lowest BCUT2D eigenvalue weighted by atomic mass is 10.1. The van der Waals surface area contributed by atoms with Crippen LogP contribution < -0.4 is 10.1 Å². The summed E-state index contributed by atoms with van der Waals surface area (Å²) in [5, 5.41) is 20.2. The van der Waals surface area contributed by atoms with Gasteiger partial charge in [0, 0.05) is 36.1 Å². The number of nitrogens with one attached hydrogen (secondary N) is 1. The number of pyridine rings is 1. The lowest BCUT2D eigenvalue weighted by Gasteiger charge is -2.12. The van der Waals surface area contributed by atoms with Crippen LogP contribution in [0.15, 0.2) is 53.7 Å². The van der Waals surface area contributed by atoms with Crippen LogP contribution in [0, 0.1) is 17.1 Å². The smallest absolute Gasteiger partial charge is 0.404 e.